The Labute approximate surface area is 112 Å². The molecule has 0 atom stereocenters. The van der Waals surface area contributed by atoms with Gasteiger partial charge in [-0.25, -0.2) is 0 Å². The molecule has 0 saturated carbocycles. The Morgan fingerprint density at radius 3 is 2.67 bits per heavy atom. The zero-order valence-electron chi connectivity index (χ0n) is 9.70. The molecule has 2 heterocycles. The summed E-state index contributed by atoms with van der Waals surface area (Å²) in [6.07, 6.45) is 0. The second-order valence-electron chi connectivity index (χ2n) is 3.66. The Bertz CT molecular complexity index is 649. The summed E-state index contributed by atoms with van der Waals surface area (Å²) in [7, 11) is 0. The lowest BCUT2D eigenvalue weighted by Gasteiger charge is -1.99. The van der Waals surface area contributed by atoms with Gasteiger partial charge in [0, 0.05) is 5.56 Å². The quantitative estimate of drug-likeness (QED) is 0.922. The number of amides is 1. The first-order valence-corrected chi connectivity index (χ1v) is 5.89. The van der Waals surface area contributed by atoms with Crippen molar-refractivity contribution in [2.75, 3.05) is 5.32 Å². The molecule has 0 unspecified atom stereocenters. The number of nitrogens with one attached hydrogen (secondary N) is 1. The number of carbonyl (C=O) groups is 1. The Morgan fingerprint density at radius 1 is 1.39 bits per heavy atom. The van der Waals surface area contributed by atoms with Gasteiger partial charge < -0.3 is 8.83 Å². The molecule has 18 heavy (non-hydrogen) atoms. The maximum Gasteiger partial charge on any atom is 0.293 e. The van der Waals surface area contributed by atoms with Crippen molar-refractivity contribution < 1.29 is 13.6 Å². The van der Waals surface area contributed by atoms with Crippen molar-refractivity contribution in [2.24, 2.45) is 0 Å². The first kappa shape index (κ1) is 12.5. The van der Waals surface area contributed by atoms with Crippen molar-refractivity contribution in [3.63, 3.8) is 0 Å². The van der Waals surface area contributed by atoms with E-state index in [2.05, 4.69) is 21.2 Å². The summed E-state index contributed by atoms with van der Waals surface area (Å²) in [4.78, 5) is 11.8. The van der Waals surface area contributed by atoms with Crippen LogP contribution in [0.25, 0.3) is 0 Å². The highest BCUT2D eigenvalue weighted by Gasteiger charge is 2.18. The molecule has 0 aliphatic heterocycles. The summed E-state index contributed by atoms with van der Waals surface area (Å²) >= 11 is 3.11. The molecule has 0 fully saturated rings. The highest BCUT2D eigenvalue weighted by Crippen LogP contribution is 2.26. The van der Waals surface area contributed by atoms with Crippen LogP contribution in [0.3, 0.4) is 0 Å². The Kier molecular flexibility index (Phi) is 3.26. The van der Waals surface area contributed by atoms with Crippen LogP contribution in [0.4, 0.5) is 5.88 Å². The SMILES string of the molecule is Cc1oc(NC(=O)c2ccc(Br)o2)c(C#N)c1C. The van der Waals surface area contributed by atoms with Crippen LogP contribution in [0, 0.1) is 25.2 Å². The van der Waals surface area contributed by atoms with E-state index in [1.54, 1.807) is 19.9 Å². The lowest BCUT2D eigenvalue weighted by molar-refractivity contribution is 0.0993. The third kappa shape index (κ3) is 2.17. The molecule has 0 aromatic carbocycles. The van der Waals surface area contributed by atoms with E-state index in [9.17, 15) is 4.79 Å². The number of furan rings is 2. The van der Waals surface area contributed by atoms with E-state index < -0.39 is 5.91 Å². The van der Waals surface area contributed by atoms with Gasteiger partial charge in [-0.2, -0.15) is 5.26 Å². The highest BCUT2D eigenvalue weighted by atomic mass is 79.9. The molecule has 1 N–H and O–H groups in total. The van der Waals surface area contributed by atoms with E-state index in [-0.39, 0.29) is 11.6 Å². The van der Waals surface area contributed by atoms with Crippen LogP contribution in [-0.2, 0) is 0 Å². The number of carbonyl (C=O) groups excluding carboxylic acids is 1. The predicted molar refractivity (Wildman–Crippen MR) is 67.3 cm³/mol. The minimum Gasteiger partial charge on any atom is -0.444 e. The predicted octanol–water partition coefficient (Wildman–Crippen LogP) is 3.38. The summed E-state index contributed by atoms with van der Waals surface area (Å²) in [5, 5.41) is 11.5. The molecule has 1 amide bonds. The molecule has 2 aromatic heterocycles. The first-order chi connectivity index (χ1) is 8.52. The van der Waals surface area contributed by atoms with Gasteiger partial charge in [-0.3, -0.25) is 10.1 Å². The number of hydrogen-bond donors (Lipinski definition) is 1. The molecule has 0 aliphatic carbocycles. The fraction of sp³-hybridized carbons (Fsp3) is 0.167. The van der Waals surface area contributed by atoms with Crippen LogP contribution < -0.4 is 5.32 Å². The highest BCUT2D eigenvalue weighted by molar-refractivity contribution is 9.10. The molecule has 2 rings (SSSR count). The fourth-order valence-electron chi connectivity index (χ4n) is 1.45. The van der Waals surface area contributed by atoms with Crippen molar-refractivity contribution in [2.45, 2.75) is 13.8 Å². The monoisotopic (exact) mass is 308 g/mol. The van der Waals surface area contributed by atoms with Crippen LogP contribution >= 0.6 is 15.9 Å². The second kappa shape index (κ2) is 4.70. The van der Waals surface area contributed by atoms with E-state index in [0.29, 0.717) is 21.6 Å². The first-order valence-electron chi connectivity index (χ1n) is 5.09. The minimum atomic E-state index is -0.467. The van der Waals surface area contributed by atoms with Crippen molar-refractivity contribution >= 4 is 27.7 Å². The van der Waals surface area contributed by atoms with Gasteiger partial charge in [0.1, 0.15) is 17.4 Å². The van der Waals surface area contributed by atoms with Gasteiger partial charge in [0.15, 0.2) is 10.4 Å². The zero-order valence-corrected chi connectivity index (χ0v) is 11.3. The Hall–Kier alpha value is -2.00. The molecule has 2 aromatic rings. The maximum atomic E-state index is 11.8. The number of nitrogens with zero attached hydrogens (tertiary/aromatic N) is 1. The van der Waals surface area contributed by atoms with Gasteiger partial charge in [-0.15, -0.1) is 0 Å². The van der Waals surface area contributed by atoms with Crippen molar-refractivity contribution in [1.82, 2.24) is 0 Å². The Balaban J connectivity index is 2.28. The molecule has 0 radical (unpaired) electrons. The van der Waals surface area contributed by atoms with Gasteiger partial charge in [0.25, 0.3) is 5.91 Å². The molecule has 0 bridgehead atoms. The van der Waals surface area contributed by atoms with Gasteiger partial charge in [0.05, 0.1) is 0 Å². The van der Waals surface area contributed by atoms with Gasteiger partial charge in [0.2, 0.25) is 5.88 Å². The van der Waals surface area contributed by atoms with Crippen LogP contribution in [-0.4, -0.2) is 5.91 Å². The average molecular weight is 309 g/mol. The van der Waals surface area contributed by atoms with Crippen LogP contribution in [0.5, 0.6) is 0 Å². The lowest BCUT2D eigenvalue weighted by atomic mass is 10.2. The third-order valence-electron chi connectivity index (χ3n) is 2.52. The molecule has 0 aliphatic rings. The van der Waals surface area contributed by atoms with Crippen LogP contribution in [0.15, 0.2) is 25.6 Å². The summed E-state index contributed by atoms with van der Waals surface area (Å²) in [6, 6.07) is 5.13. The molecule has 0 saturated heterocycles. The van der Waals surface area contributed by atoms with Gasteiger partial charge >= 0.3 is 0 Å². The minimum absolute atomic E-state index is 0.137. The third-order valence-corrected chi connectivity index (χ3v) is 2.95. The zero-order chi connectivity index (χ0) is 13.3. The molecular weight excluding hydrogens is 300 g/mol. The molecule has 0 spiro atoms. The molecule has 92 valence electrons. The van der Waals surface area contributed by atoms with E-state index >= 15 is 0 Å². The maximum absolute atomic E-state index is 11.8. The number of aryl methyl sites for hydroxylation is 1. The average Bonchev–Trinajstić information content (AvgIpc) is 2.85. The van der Waals surface area contributed by atoms with Gasteiger partial charge in [-0.05, 0) is 41.9 Å². The number of halogens is 1. The molecule has 5 nitrogen and oxygen atoms in total. The van der Waals surface area contributed by atoms with Crippen molar-refractivity contribution in [3.05, 3.63) is 39.4 Å². The van der Waals surface area contributed by atoms with E-state index in [1.807, 2.05) is 6.07 Å². The normalized spacial score (nSPS) is 10.1. The fourth-order valence-corrected chi connectivity index (χ4v) is 1.76. The van der Waals surface area contributed by atoms with Crippen molar-refractivity contribution in [3.8, 4) is 6.07 Å². The second-order valence-corrected chi connectivity index (χ2v) is 4.44. The van der Waals surface area contributed by atoms with E-state index in [0.717, 1.165) is 0 Å². The molecular formula is C12H9BrN2O3. The number of nitriles is 1. The number of rotatable bonds is 2. The Morgan fingerprint density at radius 2 is 2.11 bits per heavy atom. The largest absolute Gasteiger partial charge is 0.444 e. The lowest BCUT2D eigenvalue weighted by Crippen LogP contribution is -2.11. The summed E-state index contributed by atoms with van der Waals surface area (Å²) < 4.78 is 10.9. The number of anilines is 1. The van der Waals surface area contributed by atoms with E-state index in [4.69, 9.17) is 14.1 Å². The molecule has 6 heteroatoms. The topological polar surface area (TPSA) is 79.2 Å². The van der Waals surface area contributed by atoms with Crippen LogP contribution in [0.1, 0.15) is 27.4 Å². The summed E-state index contributed by atoms with van der Waals surface area (Å²) in [5.74, 6) is 0.413. The summed E-state index contributed by atoms with van der Waals surface area (Å²) in [6.45, 7) is 3.49. The van der Waals surface area contributed by atoms with Crippen molar-refractivity contribution in [1.29, 1.82) is 5.26 Å². The van der Waals surface area contributed by atoms with Gasteiger partial charge in [-0.1, -0.05) is 0 Å². The smallest absolute Gasteiger partial charge is 0.293 e. The van der Waals surface area contributed by atoms with Crippen LogP contribution in [0.2, 0.25) is 0 Å². The standard InChI is InChI=1S/C12H9BrN2O3/c1-6-7(2)17-12(8(6)5-14)15-11(16)9-3-4-10(13)18-9/h3-4H,1-2H3,(H,15,16). The van der Waals surface area contributed by atoms with E-state index in [1.165, 1.54) is 6.07 Å². The number of hydrogen-bond acceptors (Lipinski definition) is 4. The summed E-state index contributed by atoms with van der Waals surface area (Å²) in [5.41, 5.74) is 1.04.